The van der Waals surface area contributed by atoms with Crippen LogP contribution in [0.3, 0.4) is 0 Å². The standard InChI is InChI=1S/C22H31NO3/c1-17(2)21-15-22(11-14-26-21,19-8-4-5-9-20(19)24-3)10-12-23-16-18-7-6-13-25-18/h4-9,13,17,21,23H,10-12,14-16H2,1-3H3. The Bertz CT molecular complexity index is 668. The summed E-state index contributed by atoms with van der Waals surface area (Å²) in [6.45, 7) is 7.00. The number of nitrogens with one attached hydrogen (secondary N) is 1. The summed E-state index contributed by atoms with van der Waals surface area (Å²) in [7, 11) is 1.76. The Morgan fingerprint density at radius 1 is 1.23 bits per heavy atom. The lowest BCUT2D eigenvalue weighted by Gasteiger charge is -2.43. The summed E-state index contributed by atoms with van der Waals surface area (Å²) >= 11 is 0. The van der Waals surface area contributed by atoms with Crippen molar-refractivity contribution in [1.29, 1.82) is 0 Å². The minimum atomic E-state index is 0.0793. The molecule has 1 aromatic carbocycles. The molecule has 2 heterocycles. The highest BCUT2D eigenvalue weighted by molar-refractivity contribution is 5.40. The number of rotatable bonds is 8. The van der Waals surface area contributed by atoms with Gasteiger partial charge in [0.05, 0.1) is 26.0 Å². The highest BCUT2D eigenvalue weighted by Gasteiger charge is 2.40. The first-order chi connectivity index (χ1) is 12.6. The highest BCUT2D eigenvalue weighted by Crippen LogP contribution is 2.45. The fourth-order valence-corrected chi connectivity index (χ4v) is 4.02. The second-order valence-electron chi connectivity index (χ2n) is 7.59. The Kier molecular flexibility index (Phi) is 6.38. The van der Waals surface area contributed by atoms with Crippen LogP contribution in [0.1, 0.15) is 44.4 Å². The molecule has 0 radical (unpaired) electrons. The number of methoxy groups -OCH3 is 1. The predicted octanol–water partition coefficient (Wildman–Crippen LogP) is 4.54. The molecule has 1 aromatic heterocycles. The monoisotopic (exact) mass is 357 g/mol. The zero-order chi connectivity index (χ0) is 18.4. The van der Waals surface area contributed by atoms with Crippen molar-refractivity contribution in [3.8, 4) is 5.75 Å². The van der Waals surface area contributed by atoms with Crippen LogP contribution in [-0.2, 0) is 16.7 Å². The number of hydrogen-bond acceptors (Lipinski definition) is 4. The van der Waals surface area contributed by atoms with E-state index in [2.05, 4.69) is 37.4 Å². The van der Waals surface area contributed by atoms with Crippen LogP contribution in [0.25, 0.3) is 0 Å². The van der Waals surface area contributed by atoms with Crippen LogP contribution in [0.2, 0.25) is 0 Å². The molecule has 1 saturated heterocycles. The number of ether oxygens (including phenoxy) is 2. The van der Waals surface area contributed by atoms with E-state index in [4.69, 9.17) is 13.9 Å². The van der Waals surface area contributed by atoms with Crippen LogP contribution in [-0.4, -0.2) is 26.4 Å². The van der Waals surface area contributed by atoms with Crippen LogP contribution in [0, 0.1) is 5.92 Å². The van der Waals surface area contributed by atoms with Crippen molar-refractivity contribution < 1.29 is 13.9 Å². The van der Waals surface area contributed by atoms with Gasteiger partial charge in [-0.25, -0.2) is 0 Å². The van der Waals surface area contributed by atoms with Crippen molar-refractivity contribution in [3.05, 3.63) is 54.0 Å². The molecule has 4 heteroatoms. The molecule has 0 spiro atoms. The summed E-state index contributed by atoms with van der Waals surface area (Å²) in [6, 6.07) is 12.4. The Morgan fingerprint density at radius 2 is 2.08 bits per heavy atom. The quantitative estimate of drug-likeness (QED) is 0.705. The third-order valence-corrected chi connectivity index (χ3v) is 5.59. The molecule has 4 nitrogen and oxygen atoms in total. The first kappa shape index (κ1) is 19.0. The Morgan fingerprint density at radius 3 is 2.81 bits per heavy atom. The third-order valence-electron chi connectivity index (χ3n) is 5.59. The van der Waals surface area contributed by atoms with Crippen LogP contribution in [0.15, 0.2) is 47.1 Å². The van der Waals surface area contributed by atoms with Crippen LogP contribution < -0.4 is 10.1 Å². The van der Waals surface area contributed by atoms with E-state index in [0.29, 0.717) is 12.0 Å². The van der Waals surface area contributed by atoms with Gasteiger partial charge in [-0.1, -0.05) is 32.0 Å². The van der Waals surface area contributed by atoms with Gasteiger partial charge < -0.3 is 19.2 Å². The van der Waals surface area contributed by atoms with Crippen LogP contribution >= 0.6 is 0 Å². The SMILES string of the molecule is COc1ccccc1C1(CCNCc2ccco2)CCOC(C(C)C)C1. The van der Waals surface area contributed by atoms with Crippen LogP contribution in [0.4, 0.5) is 0 Å². The molecule has 1 N–H and O–H groups in total. The molecule has 2 aromatic rings. The summed E-state index contributed by atoms with van der Waals surface area (Å²) in [5.74, 6) is 2.48. The molecule has 142 valence electrons. The zero-order valence-electron chi connectivity index (χ0n) is 16.2. The minimum Gasteiger partial charge on any atom is -0.496 e. The number of benzene rings is 1. The topological polar surface area (TPSA) is 43.6 Å². The van der Waals surface area contributed by atoms with E-state index in [1.165, 1.54) is 5.56 Å². The van der Waals surface area contributed by atoms with Crippen molar-refractivity contribution in [1.82, 2.24) is 5.32 Å². The first-order valence-corrected chi connectivity index (χ1v) is 9.63. The molecule has 1 fully saturated rings. The fraction of sp³-hybridized carbons (Fsp3) is 0.545. The van der Waals surface area contributed by atoms with Crippen molar-refractivity contribution >= 4 is 0 Å². The van der Waals surface area contributed by atoms with E-state index < -0.39 is 0 Å². The Balaban J connectivity index is 1.77. The summed E-state index contributed by atoms with van der Waals surface area (Å²) < 4.78 is 17.2. The van der Waals surface area contributed by atoms with E-state index in [9.17, 15) is 0 Å². The molecule has 0 amide bonds. The summed E-state index contributed by atoms with van der Waals surface area (Å²) in [4.78, 5) is 0. The van der Waals surface area contributed by atoms with Gasteiger partial charge in [0.2, 0.25) is 0 Å². The molecule has 0 saturated carbocycles. The number of para-hydroxylation sites is 1. The molecular weight excluding hydrogens is 326 g/mol. The smallest absolute Gasteiger partial charge is 0.122 e. The normalized spacial score (nSPS) is 23.3. The maximum absolute atomic E-state index is 6.08. The van der Waals surface area contributed by atoms with Gasteiger partial charge in [0, 0.05) is 17.6 Å². The lowest BCUT2D eigenvalue weighted by atomic mass is 9.68. The van der Waals surface area contributed by atoms with Gasteiger partial charge in [-0.05, 0) is 49.9 Å². The molecule has 2 unspecified atom stereocenters. The van der Waals surface area contributed by atoms with Gasteiger partial charge in [-0.2, -0.15) is 0 Å². The van der Waals surface area contributed by atoms with Gasteiger partial charge >= 0.3 is 0 Å². The highest BCUT2D eigenvalue weighted by atomic mass is 16.5. The van der Waals surface area contributed by atoms with E-state index in [1.807, 2.05) is 18.2 Å². The van der Waals surface area contributed by atoms with Crippen molar-refractivity contribution in [3.63, 3.8) is 0 Å². The van der Waals surface area contributed by atoms with Gasteiger partial charge in [0.15, 0.2) is 0 Å². The van der Waals surface area contributed by atoms with E-state index in [0.717, 1.165) is 50.5 Å². The van der Waals surface area contributed by atoms with Gasteiger partial charge in [-0.3, -0.25) is 0 Å². The van der Waals surface area contributed by atoms with E-state index >= 15 is 0 Å². The average molecular weight is 357 g/mol. The van der Waals surface area contributed by atoms with Gasteiger partial charge in [-0.15, -0.1) is 0 Å². The number of furan rings is 1. The van der Waals surface area contributed by atoms with Gasteiger partial charge in [0.1, 0.15) is 11.5 Å². The maximum Gasteiger partial charge on any atom is 0.122 e. The van der Waals surface area contributed by atoms with Crippen molar-refractivity contribution in [2.75, 3.05) is 20.3 Å². The largest absolute Gasteiger partial charge is 0.496 e. The lowest BCUT2D eigenvalue weighted by Crippen LogP contribution is -2.42. The molecular formula is C22H31NO3. The molecule has 2 atom stereocenters. The molecule has 3 rings (SSSR count). The molecule has 0 bridgehead atoms. The second-order valence-corrected chi connectivity index (χ2v) is 7.59. The third kappa shape index (κ3) is 4.30. The maximum atomic E-state index is 6.08. The molecule has 1 aliphatic heterocycles. The summed E-state index contributed by atoms with van der Waals surface area (Å²) in [6.07, 6.45) is 5.13. The summed E-state index contributed by atoms with van der Waals surface area (Å²) in [5, 5.41) is 3.54. The molecule has 0 aliphatic carbocycles. The number of hydrogen-bond donors (Lipinski definition) is 1. The molecule has 26 heavy (non-hydrogen) atoms. The van der Waals surface area contributed by atoms with Gasteiger partial charge in [0.25, 0.3) is 0 Å². The Labute approximate surface area is 156 Å². The van der Waals surface area contributed by atoms with Crippen LogP contribution in [0.5, 0.6) is 5.75 Å². The second kappa shape index (κ2) is 8.74. The Hall–Kier alpha value is -1.78. The van der Waals surface area contributed by atoms with E-state index in [-0.39, 0.29) is 5.41 Å². The zero-order valence-corrected chi connectivity index (χ0v) is 16.2. The predicted molar refractivity (Wildman–Crippen MR) is 104 cm³/mol. The first-order valence-electron chi connectivity index (χ1n) is 9.63. The minimum absolute atomic E-state index is 0.0793. The van der Waals surface area contributed by atoms with Crippen molar-refractivity contribution in [2.45, 2.75) is 51.2 Å². The average Bonchev–Trinajstić information content (AvgIpc) is 3.19. The van der Waals surface area contributed by atoms with Crippen molar-refractivity contribution in [2.24, 2.45) is 5.92 Å². The van der Waals surface area contributed by atoms with E-state index in [1.54, 1.807) is 13.4 Å². The molecule has 1 aliphatic rings. The lowest BCUT2D eigenvalue weighted by molar-refractivity contribution is -0.0473. The fourth-order valence-electron chi connectivity index (χ4n) is 4.02. The summed E-state index contributed by atoms with van der Waals surface area (Å²) in [5.41, 5.74) is 1.40.